The number of rotatable bonds is 6. The SMILES string of the molecule is Cn1c(CN(CCN2CCCC2)C(=O)c2cc3ccccc3s2)nc2ccccc21. The van der Waals surface area contributed by atoms with Crippen molar-refractivity contribution < 1.29 is 4.79 Å². The summed E-state index contributed by atoms with van der Waals surface area (Å²) in [6.45, 7) is 4.43. The first-order valence-electron chi connectivity index (χ1n) is 10.6. The lowest BCUT2D eigenvalue weighted by Crippen LogP contribution is -2.37. The smallest absolute Gasteiger partial charge is 0.264 e. The third-order valence-electron chi connectivity index (χ3n) is 6.02. The molecule has 1 amide bonds. The molecule has 3 heterocycles. The van der Waals surface area contributed by atoms with Crippen molar-refractivity contribution in [2.24, 2.45) is 7.05 Å². The van der Waals surface area contributed by atoms with Crippen LogP contribution >= 0.6 is 11.3 Å². The van der Waals surface area contributed by atoms with E-state index in [0.29, 0.717) is 6.54 Å². The fourth-order valence-corrected chi connectivity index (χ4v) is 5.30. The first-order chi connectivity index (χ1) is 14.7. The van der Waals surface area contributed by atoms with Crippen molar-refractivity contribution in [3.8, 4) is 0 Å². The second kappa shape index (κ2) is 8.20. The number of aryl methyl sites for hydroxylation is 1. The predicted octanol–water partition coefficient (Wildman–Crippen LogP) is 4.53. The number of amides is 1. The molecule has 4 aromatic rings. The third-order valence-corrected chi connectivity index (χ3v) is 7.12. The van der Waals surface area contributed by atoms with Gasteiger partial charge in [-0.3, -0.25) is 4.79 Å². The van der Waals surface area contributed by atoms with E-state index in [0.717, 1.165) is 58.0 Å². The molecule has 2 aromatic carbocycles. The summed E-state index contributed by atoms with van der Waals surface area (Å²) >= 11 is 1.58. The summed E-state index contributed by atoms with van der Waals surface area (Å²) in [5.41, 5.74) is 2.07. The number of likely N-dealkylation sites (tertiary alicyclic amines) is 1. The van der Waals surface area contributed by atoms with Gasteiger partial charge in [-0.1, -0.05) is 30.3 Å². The number of nitrogens with zero attached hydrogens (tertiary/aromatic N) is 4. The Labute approximate surface area is 180 Å². The van der Waals surface area contributed by atoms with Gasteiger partial charge in [-0.05, 0) is 55.6 Å². The van der Waals surface area contributed by atoms with E-state index in [1.165, 1.54) is 12.8 Å². The number of aromatic nitrogens is 2. The summed E-state index contributed by atoms with van der Waals surface area (Å²) in [5.74, 6) is 1.02. The molecule has 154 valence electrons. The zero-order valence-electron chi connectivity index (χ0n) is 17.3. The van der Waals surface area contributed by atoms with Crippen LogP contribution in [0.3, 0.4) is 0 Å². The molecule has 0 N–H and O–H groups in total. The maximum Gasteiger partial charge on any atom is 0.264 e. The molecule has 0 atom stereocenters. The van der Waals surface area contributed by atoms with Crippen LogP contribution in [-0.2, 0) is 13.6 Å². The standard InChI is InChI=1S/C24H26N4OS/c1-26-20-10-4-3-9-19(20)25-23(26)17-28(15-14-27-12-6-7-13-27)24(29)22-16-18-8-2-5-11-21(18)30-22/h2-5,8-11,16H,6-7,12-15,17H2,1H3. The van der Waals surface area contributed by atoms with Gasteiger partial charge in [-0.2, -0.15) is 0 Å². The highest BCUT2D eigenvalue weighted by Gasteiger charge is 2.22. The van der Waals surface area contributed by atoms with Crippen LogP contribution in [0.4, 0.5) is 0 Å². The summed E-state index contributed by atoms with van der Waals surface area (Å²) in [5, 5.41) is 1.13. The number of benzene rings is 2. The molecule has 0 spiro atoms. The molecule has 1 saturated heterocycles. The first kappa shape index (κ1) is 19.3. The van der Waals surface area contributed by atoms with Crippen molar-refractivity contribution in [3.63, 3.8) is 0 Å². The monoisotopic (exact) mass is 418 g/mol. The molecule has 5 rings (SSSR count). The molecule has 30 heavy (non-hydrogen) atoms. The van der Waals surface area contributed by atoms with Crippen LogP contribution in [0.1, 0.15) is 28.3 Å². The van der Waals surface area contributed by atoms with Gasteiger partial charge in [0.15, 0.2) is 0 Å². The molecule has 1 aliphatic rings. The maximum atomic E-state index is 13.5. The highest BCUT2D eigenvalue weighted by atomic mass is 32.1. The number of carbonyl (C=O) groups is 1. The molecule has 0 aliphatic carbocycles. The minimum absolute atomic E-state index is 0.0995. The van der Waals surface area contributed by atoms with E-state index in [1.54, 1.807) is 11.3 Å². The topological polar surface area (TPSA) is 41.4 Å². The second-order valence-corrected chi connectivity index (χ2v) is 9.08. The van der Waals surface area contributed by atoms with Crippen molar-refractivity contribution in [2.45, 2.75) is 19.4 Å². The van der Waals surface area contributed by atoms with Gasteiger partial charge in [0, 0.05) is 24.8 Å². The lowest BCUT2D eigenvalue weighted by Gasteiger charge is -2.25. The van der Waals surface area contributed by atoms with E-state index in [-0.39, 0.29) is 5.91 Å². The summed E-state index contributed by atoms with van der Waals surface area (Å²) < 4.78 is 3.26. The van der Waals surface area contributed by atoms with Crippen LogP contribution in [0.15, 0.2) is 54.6 Å². The van der Waals surface area contributed by atoms with E-state index in [2.05, 4.69) is 27.7 Å². The van der Waals surface area contributed by atoms with Crippen molar-refractivity contribution in [3.05, 3.63) is 65.3 Å². The molecule has 6 heteroatoms. The van der Waals surface area contributed by atoms with Crippen LogP contribution in [0.5, 0.6) is 0 Å². The van der Waals surface area contributed by atoms with E-state index in [9.17, 15) is 4.79 Å². The summed E-state index contributed by atoms with van der Waals surface area (Å²) in [6.07, 6.45) is 2.52. The van der Waals surface area contributed by atoms with Crippen LogP contribution < -0.4 is 0 Å². The largest absolute Gasteiger partial charge is 0.330 e. The van der Waals surface area contributed by atoms with E-state index >= 15 is 0 Å². The Morgan fingerprint density at radius 3 is 2.67 bits per heavy atom. The lowest BCUT2D eigenvalue weighted by atomic mass is 10.2. The quantitative estimate of drug-likeness (QED) is 0.462. The number of fused-ring (bicyclic) bond motifs is 2. The van der Waals surface area contributed by atoms with Crippen molar-refractivity contribution >= 4 is 38.4 Å². The summed E-state index contributed by atoms with van der Waals surface area (Å²) in [7, 11) is 2.03. The van der Waals surface area contributed by atoms with Gasteiger partial charge in [-0.15, -0.1) is 11.3 Å². The molecule has 0 radical (unpaired) electrons. The van der Waals surface area contributed by atoms with E-state index in [4.69, 9.17) is 4.98 Å². The highest BCUT2D eigenvalue weighted by molar-refractivity contribution is 7.20. The number of carbonyl (C=O) groups excluding carboxylic acids is 1. The van der Waals surface area contributed by atoms with Crippen LogP contribution in [0.25, 0.3) is 21.1 Å². The summed E-state index contributed by atoms with van der Waals surface area (Å²) in [4.78, 5) is 23.6. The molecular formula is C24H26N4OS. The van der Waals surface area contributed by atoms with Gasteiger partial charge in [0.05, 0.1) is 22.5 Å². The molecule has 1 fully saturated rings. The van der Waals surface area contributed by atoms with Crippen LogP contribution in [-0.4, -0.2) is 51.4 Å². The average Bonchev–Trinajstić information content (AvgIpc) is 3.50. The maximum absolute atomic E-state index is 13.5. The van der Waals surface area contributed by atoms with Crippen LogP contribution in [0, 0.1) is 0 Å². The molecule has 0 saturated carbocycles. The Bertz CT molecular complexity index is 1160. The number of para-hydroxylation sites is 2. The number of hydrogen-bond acceptors (Lipinski definition) is 4. The Hall–Kier alpha value is -2.70. The highest BCUT2D eigenvalue weighted by Crippen LogP contribution is 2.27. The molecule has 1 aliphatic heterocycles. The molecule has 5 nitrogen and oxygen atoms in total. The zero-order valence-corrected chi connectivity index (χ0v) is 18.1. The average molecular weight is 419 g/mol. The zero-order chi connectivity index (χ0) is 20.5. The first-order valence-corrected chi connectivity index (χ1v) is 11.4. The number of thiophene rings is 1. The minimum atomic E-state index is 0.0995. The number of hydrogen-bond donors (Lipinski definition) is 0. The minimum Gasteiger partial charge on any atom is -0.330 e. The Morgan fingerprint density at radius 1 is 1.10 bits per heavy atom. The molecule has 0 unspecified atom stereocenters. The number of imidazole rings is 1. The van der Waals surface area contributed by atoms with Gasteiger partial charge in [-0.25, -0.2) is 4.98 Å². The van der Waals surface area contributed by atoms with Crippen LogP contribution in [0.2, 0.25) is 0 Å². The Kier molecular flexibility index (Phi) is 5.27. The molecule has 0 bridgehead atoms. The van der Waals surface area contributed by atoms with Crippen molar-refractivity contribution in [2.75, 3.05) is 26.2 Å². The summed E-state index contributed by atoms with van der Waals surface area (Å²) in [6, 6.07) is 18.4. The second-order valence-electron chi connectivity index (χ2n) is 8.00. The van der Waals surface area contributed by atoms with Gasteiger partial charge in [0.2, 0.25) is 0 Å². The van der Waals surface area contributed by atoms with Crippen molar-refractivity contribution in [1.29, 1.82) is 0 Å². The Morgan fingerprint density at radius 2 is 1.87 bits per heavy atom. The van der Waals surface area contributed by atoms with Gasteiger partial charge in [0.25, 0.3) is 5.91 Å². The molecular weight excluding hydrogens is 392 g/mol. The van der Waals surface area contributed by atoms with Gasteiger partial charge in [0.1, 0.15) is 5.82 Å². The third kappa shape index (κ3) is 3.73. The van der Waals surface area contributed by atoms with E-state index in [1.807, 2.05) is 48.3 Å². The lowest BCUT2D eigenvalue weighted by molar-refractivity contribution is 0.0726. The fourth-order valence-electron chi connectivity index (χ4n) is 4.27. The van der Waals surface area contributed by atoms with Gasteiger partial charge >= 0.3 is 0 Å². The molecule has 2 aromatic heterocycles. The van der Waals surface area contributed by atoms with Crippen molar-refractivity contribution in [1.82, 2.24) is 19.4 Å². The van der Waals surface area contributed by atoms with E-state index < -0.39 is 0 Å². The predicted molar refractivity (Wildman–Crippen MR) is 123 cm³/mol. The van der Waals surface area contributed by atoms with Gasteiger partial charge < -0.3 is 14.4 Å². The normalized spacial score (nSPS) is 14.7. The Balaban J connectivity index is 1.43. The fraction of sp³-hybridized carbons (Fsp3) is 0.333.